The minimum atomic E-state index is -4.14. The lowest BCUT2D eigenvalue weighted by Gasteiger charge is -2.24. The number of anilines is 1. The molecule has 1 aliphatic rings. The molecule has 0 spiro atoms. The van der Waals surface area contributed by atoms with Gasteiger partial charge in [-0.05, 0) is 30.7 Å². The van der Waals surface area contributed by atoms with E-state index < -0.39 is 43.9 Å². The van der Waals surface area contributed by atoms with Crippen molar-refractivity contribution < 1.29 is 33.0 Å². The third-order valence-electron chi connectivity index (χ3n) is 5.62. The Balaban J connectivity index is 1.41. The summed E-state index contributed by atoms with van der Waals surface area (Å²) in [5.41, 5.74) is 5.64. The van der Waals surface area contributed by atoms with Crippen LogP contribution in [0, 0.1) is 0 Å². The van der Waals surface area contributed by atoms with Crippen LogP contribution in [0.2, 0.25) is 0 Å². The second-order valence-corrected chi connectivity index (χ2v) is 10.3. The number of nitrogen functional groups attached to an aromatic ring is 1. The van der Waals surface area contributed by atoms with Crippen molar-refractivity contribution in [1.29, 1.82) is 0 Å². The average Bonchev–Trinajstić information content (AvgIpc) is 3.27. The predicted octanol–water partition coefficient (Wildman–Crippen LogP) is 2.40. The summed E-state index contributed by atoms with van der Waals surface area (Å²) in [7, 11) is -4.14. The van der Waals surface area contributed by atoms with E-state index in [-0.39, 0.29) is 31.2 Å². The number of esters is 1. The number of nitrogens with two attached hydrogens (primary N) is 1. The summed E-state index contributed by atoms with van der Waals surface area (Å²) >= 11 is 0. The zero-order valence-corrected chi connectivity index (χ0v) is 21.5. The van der Waals surface area contributed by atoms with Gasteiger partial charge in [-0.25, -0.2) is 9.36 Å². The van der Waals surface area contributed by atoms with Crippen LogP contribution in [0.4, 0.5) is 5.82 Å². The van der Waals surface area contributed by atoms with E-state index in [1.54, 1.807) is 30.3 Å². The molecule has 38 heavy (non-hydrogen) atoms. The second kappa shape index (κ2) is 12.3. The fourth-order valence-electron chi connectivity index (χ4n) is 3.74. The number of aromatic nitrogens is 2. The lowest BCUT2D eigenvalue weighted by atomic mass is 10.2. The molecule has 13 heteroatoms. The van der Waals surface area contributed by atoms with Crippen molar-refractivity contribution >= 4 is 19.5 Å². The fraction of sp³-hybridized carbons (Fsp3) is 0.320. The van der Waals surface area contributed by atoms with Crippen LogP contribution in [0.1, 0.15) is 25.1 Å². The van der Waals surface area contributed by atoms with E-state index >= 15 is 0 Å². The third kappa shape index (κ3) is 7.27. The Hall–Kier alpha value is -3.54. The average molecular weight is 545 g/mol. The Morgan fingerprint density at radius 2 is 1.89 bits per heavy atom. The Morgan fingerprint density at radius 3 is 2.58 bits per heavy atom. The molecule has 0 amide bonds. The van der Waals surface area contributed by atoms with Gasteiger partial charge in [0.25, 0.3) is 0 Å². The van der Waals surface area contributed by atoms with Crippen LogP contribution < -0.4 is 21.0 Å². The van der Waals surface area contributed by atoms with Gasteiger partial charge in [-0.3, -0.25) is 13.9 Å². The summed E-state index contributed by atoms with van der Waals surface area (Å²) in [5.74, 6) is -0.366. The minimum absolute atomic E-state index is 0.0418. The zero-order valence-electron chi connectivity index (χ0n) is 20.6. The Labute approximate surface area is 218 Å². The molecule has 1 aromatic heterocycles. The lowest BCUT2D eigenvalue weighted by molar-refractivity contribution is -0.146. The maximum absolute atomic E-state index is 13.7. The van der Waals surface area contributed by atoms with Gasteiger partial charge >= 0.3 is 19.4 Å². The predicted molar refractivity (Wildman–Crippen MR) is 137 cm³/mol. The van der Waals surface area contributed by atoms with Crippen molar-refractivity contribution in [2.45, 2.75) is 44.4 Å². The van der Waals surface area contributed by atoms with Crippen LogP contribution in [0.15, 0.2) is 77.7 Å². The highest BCUT2D eigenvalue weighted by Crippen LogP contribution is 2.46. The number of nitrogens with zero attached hydrogens (tertiary/aromatic N) is 2. The molecular weight excluding hydrogens is 515 g/mol. The van der Waals surface area contributed by atoms with Gasteiger partial charge in [0.05, 0.1) is 12.7 Å². The summed E-state index contributed by atoms with van der Waals surface area (Å²) in [5, 5.41) is 13.1. The van der Waals surface area contributed by atoms with Crippen LogP contribution in [0.3, 0.4) is 0 Å². The van der Waals surface area contributed by atoms with Crippen LogP contribution in [0.5, 0.6) is 5.75 Å². The zero-order chi connectivity index (χ0) is 27.1. The van der Waals surface area contributed by atoms with Crippen LogP contribution >= 0.6 is 7.75 Å². The molecule has 2 aromatic carbocycles. The molecule has 1 aliphatic heterocycles. The summed E-state index contributed by atoms with van der Waals surface area (Å²) in [6, 6.07) is 17.8. The summed E-state index contributed by atoms with van der Waals surface area (Å²) in [4.78, 5) is 28.4. The molecule has 4 N–H and O–H groups in total. The van der Waals surface area contributed by atoms with Crippen molar-refractivity contribution in [3.63, 3.8) is 0 Å². The van der Waals surface area contributed by atoms with E-state index in [0.29, 0.717) is 0 Å². The molecule has 0 radical (unpaired) electrons. The van der Waals surface area contributed by atoms with Crippen molar-refractivity contribution in [3.8, 4) is 5.75 Å². The lowest BCUT2D eigenvalue weighted by Crippen LogP contribution is -2.35. The molecule has 2 heterocycles. The van der Waals surface area contributed by atoms with Gasteiger partial charge in [-0.2, -0.15) is 10.1 Å². The number of hydrogen-bond donors (Lipinski definition) is 3. The third-order valence-corrected chi connectivity index (χ3v) is 7.26. The largest absolute Gasteiger partial charge is 0.460 e. The van der Waals surface area contributed by atoms with E-state index in [0.717, 1.165) is 10.1 Å². The first-order chi connectivity index (χ1) is 18.2. The van der Waals surface area contributed by atoms with E-state index in [1.807, 2.05) is 30.3 Å². The number of hydrogen-bond acceptors (Lipinski definition) is 10. The molecular formula is C25H29N4O8P. The molecule has 3 aromatic rings. The number of aliphatic hydroxyl groups is 1. The standard InChI is InChI=1S/C25H29N4O8P/c1-17(24(31)34-15-18-8-4-2-5-9-18)28-38(33,37-19-10-6-3-7-11-19)35-16-20-14-21(30)23(36-20)29-13-12-22(26)27-25(29)32/h2-13,17,20-21,23,30H,14-16H2,1H3,(H,28,33)(H2,26,27,32)/t17?,20?,21-,23-,38?/m1/s1. The number of carbonyl (C=O) groups excluding carboxylic acids is 1. The molecule has 5 atom stereocenters. The first kappa shape index (κ1) is 27.5. The minimum Gasteiger partial charge on any atom is -0.460 e. The van der Waals surface area contributed by atoms with Crippen molar-refractivity contribution in [2.24, 2.45) is 0 Å². The topological polar surface area (TPSA) is 164 Å². The monoisotopic (exact) mass is 544 g/mol. The number of aliphatic hydroxyl groups excluding tert-OH is 1. The van der Waals surface area contributed by atoms with Gasteiger partial charge in [0, 0.05) is 12.6 Å². The maximum atomic E-state index is 13.7. The normalized spacial score (nSPS) is 21.4. The van der Waals surface area contributed by atoms with Crippen molar-refractivity contribution in [1.82, 2.24) is 14.6 Å². The number of ether oxygens (including phenoxy) is 2. The van der Waals surface area contributed by atoms with Gasteiger partial charge in [-0.1, -0.05) is 48.5 Å². The molecule has 1 fully saturated rings. The van der Waals surface area contributed by atoms with E-state index in [4.69, 9.17) is 24.3 Å². The van der Waals surface area contributed by atoms with Gasteiger partial charge in [-0.15, -0.1) is 0 Å². The summed E-state index contributed by atoms with van der Waals surface area (Å²) in [6.45, 7) is 1.25. The van der Waals surface area contributed by atoms with E-state index in [9.17, 15) is 19.3 Å². The number of rotatable bonds is 11. The molecule has 4 rings (SSSR count). The van der Waals surface area contributed by atoms with Crippen molar-refractivity contribution in [3.05, 3.63) is 89.0 Å². The van der Waals surface area contributed by atoms with Crippen LogP contribution in [-0.2, 0) is 30.0 Å². The highest BCUT2D eigenvalue weighted by atomic mass is 31.2. The number of benzene rings is 2. The molecule has 0 saturated carbocycles. The van der Waals surface area contributed by atoms with Crippen LogP contribution in [-0.4, -0.2) is 45.5 Å². The summed E-state index contributed by atoms with van der Waals surface area (Å²) < 4.78 is 37.2. The van der Waals surface area contributed by atoms with Crippen LogP contribution in [0.25, 0.3) is 0 Å². The van der Waals surface area contributed by atoms with E-state index in [1.165, 1.54) is 19.2 Å². The smallest absolute Gasteiger partial charge is 0.459 e. The first-order valence-corrected chi connectivity index (χ1v) is 13.4. The SMILES string of the molecule is CC(NP(=O)(OCC1C[C@@H](O)[C@H](n2ccc(N)nc2=O)O1)Oc1ccccc1)C(=O)OCc1ccccc1. The molecule has 0 bridgehead atoms. The molecule has 202 valence electrons. The molecule has 1 saturated heterocycles. The molecule has 3 unspecified atom stereocenters. The highest BCUT2D eigenvalue weighted by molar-refractivity contribution is 7.52. The van der Waals surface area contributed by atoms with E-state index in [2.05, 4.69) is 10.1 Å². The maximum Gasteiger partial charge on any atom is 0.459 e. The first-order valence-electron chi connectivity index (χ1n) is 11.9. The van der Waals surface area contributed by atoms with Gasteiger partial charge in [0.1, 0.15) is 30.3 Å². The molecule has 0 aliphatic carbocycles. The number of nitrogens with one attached hydrogen (secondary N) is 1. The fourth-order valence-corrected chi connectivity index (χ4v) is 5.26. The Morgan fingerprint density at radius 1 is 1.21 bits per heavy atom. The van der Waals surface area contributed by atoms with Crippen molar-refractivity contribution in [2.75, 3.05) is 12.3 Å². The quantitative estimate of drug-likeness (QED) is 0.240. The van der Waals surface area contributed by atoms with Gasteiger partial charge in [0.15, 0.2) is 6.23 Å². The summed E-state index contributed by atoms with van der Waals surface area (Å²) in [6.07, 6.45) is -1.37. The van der Waals surface area contributed by atoms with Gasteiger partial charge < -0.3 is 24.8 Å². The Kier molecular flexibility index (Phi) is 8.93. The Bertz CT molecular complexity index is 1320. The molecule has 12 nitrogen and oxygen atoms in total. The highest BCUT2D eigenvalue weighted by Gasteiger charge is 2.39. The number of para-hydroxylation sites is 1. The number of carbonyl (C=O) groups is 1. The van der Waals surface area contributed by atoms with Gasteiger partial charge in [0.2, 0.25) is 0 Å². The second-order valence-electron chi connectivity index (χ2n) is 8.64.